The van der Waals surface area contributed by atoms with Crippen LogP contribution < -0.4 is 5.32 Å². The van der Waals surface area contributed by atoms with Gasteiger partial charge in [0.2, 0.25) is 0 Å². The summed E-state index contributed by atoms with van der Waals surface area (Å²) in [7, 11) is 1.69. The molecule has 3 rings (SSSR count). The fourth-order valence-electron chi connectivity index (χ4n) is 3.00. The van der Waals surface area contributed by atoms with Crippen molar-refractivity contribution in [3.63, 3.8) is 0 Å². The van der Waals surface area contributed by atoms with E-state index in [4.69, 9.17) is 11.6 Å². The van der Waals surface area contributed by atoms with Gasteiger partial charge in [0.05, 0.1) is 17.4 Å². The minimum absolute atomic E-state index is 0.0238. The van der Waals surface area contributed by atoms with E-state index < -0.39 is 5.60 Å². The number of pyridine rings is 1. The molecule has 1 fully saturated rings. The molecule has 2 aromatic rings. The number of nitrogens with one attached hydrogen (secondary N) is 1. The molecule has 0 spiro atoms. The normalized spacial score (nSPS) is 24.4. The molecule has 0 aromatic carbocycles. The molecule has 1 aliphatic carbocycles. The Morgan fingerprint density at radius 1 is 1.43 bits per heavy atom. The van der Waals surface area contributed by atoms with Crippen molar-refractivity contribution < 1.29 is 9.90 Å². The molecule has 1 aliphatic rings. The Labute approximate surface area is 139 Å². The Balaban J connectivity index is 1.61. The third-order valence-corrected chi connectivity index (χ3v) is 4.91. The maximum atomic E-state index is 12.3. The molecule has 1 amide bonds. The third-order valence-electron chi connectivity index (χ3n) is 4.46. The van der Waals surface area contributed by atoms with Crippen LogP contribution in [0.25, 0.3) is 0 Å². The van der Waals surface area contributed by atoms with E-state index in [0.29, 0.717) is 36.4 Å². The van der Waals surface area contributed by atoms with Crippen LogP contribution in [0.3, 0.4) is 0 Å². The lowest BCUT2D eigenvalue weighted by Crippen LogP contribution is -2.42. The summed E-state index contributed by atoms with van der Waals surface area (Å²) in [5, 5.41) is 18.0. The highest BCUT2D eigenvalue weighted by molar-refractivity contribution is 6.32. The summed E-state index contributed by atoms with van der Waals surface area (Å²) in [5.74, 6) is -0.222. The minimum atomic E-state index is -0.860. The Kier molecular flexibility index (Phi) is 4.37. The zero-order chi connectivity index (χ0) is 16.4. The van der Waals surface area contributed by atoms with Crippen molar-refractivity contribution in [2.75, 3.05) is 0 Å². The van der Waals surface area contributed by atoms with Crippen LogP contribution in [0.5, 0.6) is 0 Å². The molecule has 2 aromatic heterocycles. The number of carbonyl (C=O) groups is 1. The second kappa shape index (κ2) is 6.29. The van der Waals surface area contributed by atoms with Crippen LogP contribution in [-0.2, 0) is 12.6 Å². The highest BCUT2D eigenvalue weighted by Gasteiger charge is 2.35. The average Bonchev–Trinajstić information content (AvgIpc) is 2.90. The van der Waals surface area contributed by atoms with Gasteiger partial charge in [0.25, 0.3) is 5.91 Å². The molecule has 0 aliphatic heterocycles. The molecule has 0 unspecified atom stereocenters. The number of aromatic nitrogens is 3. The van der Waals surface area contributed by atoms with E-state index >= 15 is 0 Å². The number of halogens is 1. The fraction of sp³-hybridized carbons (Fsp3) is 0.438. The van der Waals surface area contributed by atoms with Crippen LogP contribution in [-0.4, -0.2) is 31.8 Å². The number of rotatable bonds is 3. The number of carbonyl (C=O) groups excluding carboxylic acids is 1. The van der Waals surface area contributed by atoms with Crippen molar-refractivity contribution in [1.29, 1.82) is 0 Å². The van der Waals surface area contributed by atoms with Gasteiger partial charge in [-0.15, -0.1) is 0 Å². The second-order valence-corrected chi connectivity index (χ2v) is 6.35. The molecular formula is C16H19ClN4O2. The standard InChI is InChI=1S/C16H19ClN4O2/c1-21-14(17)13(10-19-21)15(22)20-12-4-6-16(23,7-5-12)11-3-2-8-18-9-11/h2-3,8-10,12,23H,4-7H2,1H3,(H,20,22). The number of nitrogens with zero attached hydrogens (tertiary/aromatic N) is 3. The highest BCUT2D eigenvalue weighted by atomic mass is 35.5. The van der Waals surface area contributed by atoms with Crippen molar-refractivity contribution in [2.24, 2.45) is 7.05 Å². The van der Waals surface area contributed by atoms with E-state index in [9.17, 15) is 9.90 Å². The second-order valence-electron chi connectivity index (χ2n) is 5.99. The molecule has 23 heavy (non-hydrogen) atoms. The monoisotopic (exact) mass is 334 g/mol. The Hall–Kier alpha value is -1.92. The number of amides is 1. The van der Waals surface area contributed by atoms with Gasteiger partial charge in [-0.25, -0.2) is 0 Å². The first-order valence-electron chi connectivity index (χ1n) is 7.61. The van der Waals surface area contributed by atoms with Gasteiger partial charge < -0.3 is 10.4 Å². The SMILES string of the molecule is Cn1ncc(C(=O)NC2CCC(O)(c3cccnc3)CC2)c1Cl. The lowest BCUT2D eigenvalue weighted by atomic mass is 9.78. The average molecular weight is 335 g/mol. The van der Waals surface area contributed by atoms with Crippen LogP contribution in [0.1, 0.15) is 41.6 Å². The Morgan fingerprint density at radius 2 is 2.17 bits per heavy atom. The number of hydrogen-bond acceptors (Lipinski definition) is 4. The third kappa shape index (κ3) is 3.23. The number of aryl methyl sites for hydroxylation is 1. The van der Waals surface area contributed by atoms with Crippen LogP contribution in [0.4, 0.5) is 0 Å². The highest BCUT2D eigenvalue weighted by Crippen LogP contribution is 2.36. The van der Waals surface area contributed by atoms with Gasteiger partial charge in [-0.2, -0.15) is 5.10 Å². The van der Waals surface area contributed by atoms with Gasteiger partial charge in [-0.1, -0.05) is 17.7 Å². The lowest BCUT2D eigenvalue weighted by Gasteiger charge is -2.36. The first-order valence-corrected chi connectivity index (χ1v) is 7.99. The zero-order valence-corrected chi connectivity index (χ0v) is 13.6. The van der Waals surface area contributed by atoms with Gasteiger partial charge >= 0.3 is 0 Å². The minimum Gasteiger partial charge on any atom is -0.385 e. The van der Waals surface area contributed by atoms with Crippen LogP contribution in [0.15, 0.2) is 30.7 Å². The zero-order valence-electron chi connectivity index (χ0n) is 12.9. The maximum absolute atomic E-state index is 12.3. The first-order chi connectivity index (χ1) is 11.0. The van der Waals surface area contributed by atoms with E-state index in [1.54, 1.807) is 19.4 Å². The van der Waals surface area contributed by atoms with Crippen LogP contribution >= 0.6 is 11.6 Å². The Bertz CT molecular complexity index is 693. The van der Waals surface area contributed by atoms with Crippen LogP contribution in [0.2, 0.25) is 5.15 Å². The summed E-state index contributed by atoms with van der Waals surface area (Å²) in [4.78, 5) is 16.3. The van der Waals surface area contributed by atoms with E-state index in [0.717, 1.165) is 5.56 Å². The molecule has 1 saturated carbocycles. The summed E-state index contributed by atoms with van der Waals surface area (Å²) in [6.45, 7) is 0. The molecule has 0 bridgehead atoms. The maximum Gasteiger partial charge on any atom is 0.256 e. The molecule has 122 valence electrons. The van der Waals surface area contributed by atoms with Gasteiger partial charge in [-0.05, 0) is 31.7 Å². The van der Waals surface area contributed by atoms with E-state index in [2.05, 4.69) is 15.4 Å². The summed E-state index contributed by atoms with van der Waals surface area (Å²) in [5.41, 5.74) is 0.351. The van der Waals surface area contributed by atoms with Gasteiger partial charge in [0.15, 0.2) is 0 Å². The van der Waals surface area contributed by atoms with Crippen molar-refractivity contribution >= 4 is 17.5 Å². The van der Waals surface area contributed by atoms with Crippen molar-refractivity contribution in [2.45, 2.75) is 37.3 Å². The summed E-state index contributed by atoms with van der Waals surface area (Å²) < 4.78 is 1.46. The van der Waals surface area contributed by atoms with E-state index in [1.165, 1.54) is 10.9 Å². The predicted molar refractivity (Wildman–Crippen MR) is 86.1 cm³/mol. The molecule has 6 nitrogen and oxygen atoms in total. The molecule has 2 N–H and O–H groups in total. The summed E-state index contributed by atoms with van der Waals surface area (Å²) in [6, 6.07) is 3.74. The number of hydrogen-bond donors (Lipinski definition) is 2. The summed E-state index contributed by atoms with van der Waals surface area (Å²) in [6.07, 6.45) is 7.44. The molecule has 0 saturated heterocycles. The van der Waals surface area contributed by atoms with E-state index in [-0.39, 0.29) is 11.9 Å². The first kappa shape index (κ1) is 16.0. The topological polar surface area (TPSA) is 80.0 Å². The van der Waals surface area contributed by atoms with Gasteiger partial charge in [0, 0.05) is 31.0 Å². The smallest absolute Gasteiger partial charge is 0.256 e. The van der Waals surface area contributed by atoms with Crippen molar-refractivity contribution in [1.82, 2.24) is 20.1 Å². The predicted octanol–water partition coefficient (Wildman–Crippen LogP) is 2.03. The van der Waals surface area contributed by atoms with Crippen molar-refractivity contribution in [3.8, 4) is 0 Å². The lowest BCUT2D eigenvalue weighted by molar-refractivity contribution is -0.00831. The van der Waals surface area contributed by atoms with Gasteiger partial charge in [-0.3, -0.25) is 14.5 Å². The number of aliphatic hydroxyl groups is 1. The fourth-order valence-corrected chi connectivity index (χ4v) is 3.18. The molecule has 0 atom stereocenters. The molecule has 0 radical (unpaired) electrons. The quantitative estimate of drug-likeness (QED) is 0.900. The largest absolute Gasteiger partial charge is 0.385 e. The van der Waals surface area contributed by atoms with E-state index in [1.807, 2.05) is 12.1 Å². The Morgan fingerprint density at radius 3 is 2.74 bits per heavy atom. The molecule has 7 heteroatoms. The van der Waals surface area contributed by atoms with Crippen LogP contribution in [0, 0.1) is 0 Å². The molecular weight excluding hydrogens is 316 g/mol. The summed E-state index contributed by atoms with van der Waals surface area (Å²) >= 11 is 6.04. The van der Waals surface area contributed by atoms with Crippen molar-refractivity contribution in [3.05, 3.63) is 47.0 Å². The van der Waals surface area contributed by atoms with Gasteiger partial charge in [0.1, 0.15) is 5.15 Å². The molecule has 2 heterocycles.